The number of hydrogen-bond donors (Lipinski definition) is 1. The number of nitrogens with zero attached hydrogens (tertiary/aromatic N) is 2. The fourth-order valence-corrected chi connectivity index (χ4v) is 3.90. The molecule has 0 spiro atoms. The van der Waals surface area contributed by atoms with E-state index >= 15 is 0 Å². The van der Waals surface area contributed by atoms with Gasteiger partial charge in [-0.15, -0.1) is 0 Å². The van der Waals surface area contributed by atoms with Crippen molar-refractivity contribution in [1.82, 2.24) is 9.88 Å². The summed E-state index contributed by atoms with van der Waals surface area (Å²) in [7, 11) is 0. The highest BCUT2D eigenvalue weighted by atomic mass is 16.5. The first-order valence-corrected chi connectivity index (χ1v) is 9.64. The van der Waals surface area contributed by atoms with Gasteiger partial charge in [-0.05, 0) is 31.0 Å². The SMILES string of the molecule is Cc1cc(OC2CCN(Cc3ccccc3)C(C(=O)O)C2)c2ccccc2n1. The fraction of sp³-hybridized carbons (Fsp3) is 0.304. The van der Waals surface area contributed by atoms with Crippen LogP contribution >= 0.6 is 0 Å². The zero-order chi connectivity index (χ0) is 19.5. The van der Waals surface area contributed by atoms with Crippen molar-refractivity contribution >= 4 is 16.9 Å². The molecule has 1 saturated heterocycles. The van der Waals surface area contributed by atoms with Gasteiger partial charge in [0.2, 0.25) is 0 Å². The van der Waals surface area contributed by atoms with Crippen LogP contribution < -0.4 is 4.74 Å². The monoisotopic (exact) mass is 376 g/mol. The highest BCUT2D eigenvalue weighted by Crippen LogP contribution is 2.30. The molecule has 5 nitrogen and oxygen atoms in total. The molecule has 1 fully saturated rings. The molecule has 28 heavy (non-hydrogen) atoms. The van der Waals surface area contributed by atoms with Crippen molar-refractivity contribution in [2.45, 2.75) is 38.5 Å². The van der Waals surface area contributed by atoms with E-state index in [-0.39, 0.29) is 6.10 Å². The van der Waals surface area contributed by atoms with E-state index in [1.807, 2.05) is 72.5 Å². The van der Waals surface area contributed by atoms with E-state index in [2.05, 4.69) is 4.98 Å². The van der Waals surface area contributed by atoms with Crippen LogP contribution in [0.15, 0.2) is 60.7 Å². The van der Waals surface area contributed by atoms with Gasteiger partial charge >= 0.3 is 5.97 Å². The zero-order valence-electron chi connectivity index (χ0n) is 15.9. The molecule has 0 amide bonds. The number of benzene rings is 2. The van der Waals surface area contributed by atoms with Crippen molar-refractivity contribution in [3.05, 3.63) is 71.9 Å². The number of fused-ring (bicyclic) bond motifs is 1. The molecule has 1 N–H and O–H groups in total. The number of carboxylic acids is 1. The maximum absolute atomic E-state index is 11.9. The summed E-state index contributed by atoms with van der Waals surface area (Å²) in [5.74, 6) is -0.00579. The first kappa shape index (κ1) is 18.4. The average Bonchev–Trinajstić information content (AvgIpc) is 2.69. The highest BCUT2D eigenvalue weighted by Gasteiger charge is 2.34. The van der Waals surface area contributed by atoms with E-state index in [0.29, 0.717) is 19.5 Å². The molecule has 2 heterocycles. The highest BCUT2D eigenvalue weighted by molar-refractivity contribution is 5.85. The number of aromatic nitrogens is 1. The van der Waals surface area contributed by atoms with Gasteiger partial charge in [0.1, 0.15) is 17.9 Å². The number of hydrogen-bond acceptors (Lipinski definition) is 4. The fourth-order valence-electron chi connectivity index (χ4n) is 3.90. The maximum Gasteiger partial charge on any atom is 0.321 e. The van der Waals surface area contributed by atoms with Gasteiger partial charge in [0.25, 0.3) is 0 Å². The number of carbonyl (C=O) groups is 1. The molecular weight excluding hydrogens is 352 g/mol. The first-order valence-electron chi connectivity index (χ1n) is 9.64. The third-order valence-electron chi connectivity index (χ3n) is 5.28. The Morgan fingerprint density at radius 1 is 1.18 bits per heavy atom. The number of aliphatic carboxylic acids is 1. The number of pyridine rings is 1. The van der Waals surface area contributed by atoms with Crippen LogP contribution in [-0.2, 0) is 11.3 Å². The number of carboxylic acid groups (broad SMARTS) is 1. The summed E-state index contributed by atoms with van der Waals surface area (Å²) in [6.07, 6.45) is 1.14. The van der Waals surface area contributed by atoms with Crippen molar-refractivity contribution in [2.24, 2.45) is 0 Å². The van der Waals surface area contributed by atoms with Crippen LogP contribution in [0, 0.1) is 6.92 Å². The lowest BCUT2D eigenvalue weighted by molar-refractivity contribution is -0.146. The number of likely N-dealkylation sites (tertiary alicyclic amines) is 1. The number of rotatable bonds is 5. The molecule has 0 saturated carbocycles. The first-order chi connectivity index (χ1) is 13.6. The largest absolute Gasteiger partial charge is 0.490 e. The Labute approximate surface area is 164 Å². The van der Waals surface area contributed by atoms with Crippen LogP contribution in [-0.4, -0.2) is 39.7 Å². The predicted molar refractivity (Wildman–Crippen MR) is 108 cm³/mol. The van der Waals surface area contributed by atoms with Crippen LogP contribution in [0.4, 0.5) is 0 Å². The van der Waals surface area contributed by atoms with E-state index in [0.717, 1.165) is 34.3 Å². The number of piperidine rings is 1. The Morgan fingerprint density at radius 2 is 1.93 bits per heavy atom. The molecule has 2 atom stereocenters. The second-order valence-corrected chi connectivity index (χ2v) is 7.35. The summed E-state index contributed by atoms with van der Waals surface area (Å²) in [6.45, 7) is 3.28. The lowest BCUT2D eigenvalue weighted by Crippen LogP contribution is -2.49. The molecule has 0 bridgehead atoms. The van der Waals surface area contributed by atoms with Crippen LogP contribution in [0.3, 0.4) is 0 Å². The molecule has 1 aliphatic heterocycles. The summed E-state index contributed by atoms with van der Waals surface area (Å²) in [6, 6.07) is 19.3. The van der Waals surface area contributed by atoms with Crippen molar-refractivity contribution in [2.75, 3.05) is 6.54 Å². The average molecular weight is 376 g/mol. The summed E-state index contributed by atoms with van der Waals surface area (Å²) in [5.41, 5.74) is 2.92. The van der Waals surface area contributed by atoms with Gasteiger partial charge in [-0.2, -0.15) is 0 Å². The molecule has 2 unspecified atom stereocenters. The Hall–Kier alpha value is -2.92. The molecule has 2 aromatic carbocycles. The summed E-state index contributed by atoms with van der Waals surface area (Å²) in [4.78, 5) is 18.5. The van der Waals surface area contributed by atoms with Crippen LogP contribution in [0.5, 0.6) is 5.75 Å². The van der Waals surface area contributed by atoms with Gasteiger partial charge in [0, 0.05) is 36.7 Å². The minimum Gasteiger partial charge on any atom is -0.490 e. The number of aryl methyl sites for hydroxylation is 1. The minimum absolute atomic E-state index is 0.127. The maximum atomic E-state index is 11.9. The quantitative estimate of drug-likeness (QED) is 0.728. The lowest BCUT2D eigenvalue weighted by Gasteiger charge is -2.37. The topological polar surface area (TPSA) is 62.7 Å². The van der Waals surface area contributed by atoms with Crippen molar-refractivity contribution in [3.63, 3.8) is 0 Å². The Morgan fingerprint density at radius 3 is 2.71 bits per heavy atom. The third-order valence-corrected chi connectivity index (χ3v) is 5.28. The van der Waals surface area contributed by atoms with Crippen LogP contribution in [0.25, 0.3) is 10.9 Å². The van der Waals surface area contributed by atoms with E-state index in [9.17, 15) is 9.90 Å². The third kappa shape index (κ3) is 3.99. The smallest absolute Gasteiger partial charge is 0.321 e. The Kier molecular flexibility index (Phi) is 5.26. The Bertz CT molecular complexity index is 974. The standard InChI is InChI=1S/C23H24N2O3/c1-16-13-22(19-9-5-6-10-20(19)24-16)28-18-11-12-25(21(14-18)23(26)27)15-17-7-3-2-4-8-17/h2-10,13,18,21H,11-12,14-15H2,1H3,(H,26,27). The molecular formula is C23H24N2O3. The summed E-state index contributed by atoms with van der Waals surface area (Å²) < 4.78 is 6.30. The van der Waals surface area contributed by atoms with Gasteiger partial charge in [0.15, 0.2) is 0 Å². The van der Waals surface area contributed by atoms with Crippen molar-refractivity contribution < 1.29 is 14.6 Å². The molecule has 0 aliphatic carbocycles. The van der Waals surface area contributed by atoms with Crippen molar-refractivity contribution in [1.29, 1.82) is 0 Å². The number of ether oxygens (including phenoxy) is 1. The minimum atomic E-state index is -0.792. The van der Waals surface area contributed by atoms with Gasteiger partial charge in [-0.3, -0.25) is 14.7 Å². The van der Waals surface area contributed by atoms with Gasteiger partial charge in [-0.25, -0.2) is 0 Å². The Balaban J connectivity index is 1.51. The lowest BCUT2D eigenvalue weighted by atomic mass is 9.98. The molecule has 3 aromatic rings. The molecule has 1 aliphatic rings. The zero-order valence-corrected chi connectivity index (χ0v) is 15.9. The molecule has 4 rings (SSSR count). The van der Waals surface area contributed by atoms with Gasteiger partial charge < -0.3 is 9.84 Å². The summed E-state index contributed by atoms with van der Waals surface area (Å²) in [5, 5.41) is 10.7. The normalized spacial score (nSPS) is 20.2. The van der Waals surface area contributed by atoms with E-state index in [1.54, 1.807) is 0 Å². The van der Waals surface area contributed by atoms with Crippen LogP contribution in [0.2, 0.25) is 0 Å². The molecule has 1 aromatic heterocycles. The van der Waals surface area contributed by atoms with E-state index < -0.39 is 12.0 Å². The van der Waals surface area contributed by atoms with Gasteiger partial charge in [-0.1, -0.05) is 42.5 Å². The van der Waals surface area contributed by atoms with Gasteiger partial charge in [0.05, 0.1) is 5.52 Å². The summed E-state index contributed by atoms with van der Waals surface area (Å²) >= 11 is 0. The second kappa shape index (κ2) is 7.98. The molecule has 5 heteroatoms. The molecule has 144 valence electrons. The second-order valence-electron chi connectivity index (χ2n) is 7.35. The van der Waals surface area contributed by atoms with Crippen molar-refractivity contribution in [3.8, 4) is 5.75 Å². The predicted octanol–water partition coefficient (Wildman–Crippen LogP) is 4.04. The van der Waals surface area contributed by atoms with E-state index in [4.69, 9.17) is 4.74 Å². The number of para-hydroxylation sites is 1. The van der Waals surface area contributed by atoms with Crippen LogP contribution in [0.1, 0.15) is 24.1 Å². The van der Waals surface area contributed by atoms with E-state index in [1.165, 1.54) is 0 Å². The molecule has 0 radical (unpaired) electrons.